The molecule has 278 valence electrons. The number of aryl methyl sites for hydroxylation is 1. The second kappa shape index (κ2) is 14.5. The van der Waals surface area contributed by atoms with Crippen LogP contribution in [0.25, 0.3) is 11.0 Å². The Morgan fingerprint density at radius 1 is 0.925 bits per heavy atom. The van der Waals surface area contributed by atoms with Gasteiger partial charge in [-0.15, -0.1) is 0 Å². The molecule has 5 aliphatic heterocycles. The number of likely N-dealkylation sites (tertiary alicyclic amines) is 1. The number of benzene rings is 1. The zero-order valence-corrected chi connectivity index (χ0v) is 30.4. The van der Waals surface area contributed by atoms with Crippen LogP contribution in [0, 0.1) is 17.8 Å². The lowest BCUT2D eigenvalue weighted by Gasteiger charge is -2.44. The van der Waals surface area contributed by atoms with Crippen LogP contribution >= 0.6 is 0 Å². The standard InChI is InChI=1S/C40H48N8O5/c1-43-35-22-27(12-14-33(35)47(40(43)53)48-36(49)10-5-11-37(48)50)7-3-2-6-26-17-20-44(21-18-26)32-16-19-42-23-30(32)28-24-45(25-28)39(52)34-15-13-29-8-4-9-31(41)38(51)46(29)34/h12,14,16,19,22-23,26,28-29,31,34H,2,4-6,8-11,13,15,17-18,20-21,24-25,41H2,1H3/t29-,31-,34-/m0/s1. The van der Waals surface area contributed by atoms with Crippen molar-refractivity contribution in [1.82, 2.24) is 24.0 Å². The maximum atomic E-state index is 13.6. The Hall–Kier alpha value is -4.96. The van der Waals surface area contributed by atoms with Gasteiger partial charge in [-0.2, -0.15) is 9.69 Å². The van der Waals surface area contributed by atoms with Crippen LogP contribution in [0.2, 0.25) is 0 Å². The number of rotatable bonds is 6. The van der Waals surface area contributed by atoms with E-state index >= 15 is 0 Å². The minimum atomic E-state index is -0.499. The van der Waals surface area contributed by atoms with E-state index in [0.717, 1.165) is 75.0 Å². The zero-order chi connectivity index (χ0) is 36.8. The summed E-state index contributed by atoms with van der Waals surface area (Å²) in [5.74, 6) is 6.67. The fraction of sp³-hybridized carbons (Fsp3) is 0.550. The lowest BCUT2D eigenvalue weighted by Crippen LogP contribution is -2.58. The molecule has 3 atom stereocenters. The highest BCUT2D eigenvalue weighted by molar-refractivity contribution is 6.11. The maximum Gasteiger partial charge on any atom is 0.348 e. The zero-order valence-electron chi connectivity index (χ0n) is 30.4. The number of nitrogens with two attached hydrogens (primary N) is 1. The second-order valence-corrected chi connectivity index (χ2v) is 15.5. The van der Waals surface area contributed by atoms with Gasteiger partial charge in [0.15, 0.2) is 0 Å². The first-order valence-corrected chi connectivity index (χ1v) is 19.3. The molecule has 4 amide bonds. The van der Waals surface area contributed by atoms with Crippen molar-refractivity contribution in [1.29, 1.82) is 0 Å². The van der Waals surface area contributed by atoms with E-state index in [1.54, 1.807) is 13.1 Å². The third-order valence-corrected chi connectivity index (χ3v) is 12.2. The summed E-state index contributed by atoms with van der Waals surface area (Å²) in [6.45, 7) is 3.20. The summed E-state index contributed by atoms with van der Waals surface area (Å²) in [6, 6.07) is 6.81. The number of hydrogen-bond acceptors (Lipinski definition) is 8. The molecule has 0 bridgehead atoms. The number of imide groups is 1. The van der Waals surface area contributed by atoms with Crippen molar-refractivity contribution in [3.8, 4) is 11.8 Å². The fourth-order valence-electron chi connectivity index (χ4n) is 9.16. The maximum absolute atomic E-state index is 13.6. The Kier molecular flexibility index (Phi) is 9.57. The van der Waals surface area contributed by atoms with Gasteiger partial charge in [-0.3, -0.25) is 28.7 Å². The molecule has 5 fully saturated rings. The molecule has 0 spiro atoms. The van der Waals surface area contributed by atoms with E-state index in [4.69, 9.17) is 5.73 Å². The Labute approximate surface area is 309 Å². The Morgan fingerprint density at radius 3 is 2.47 bits per heavy atom. The molecular weight excluding hydrogens is 672 g/mol. The van der Waals surface area contributed by atoms with Gasteiger partial charge in [0.25, 0.3) is 0 Å². The van der Waals surface area contributed by atoms with E-state index in [1.165, 1.54) is 20.5 Å². The number of amides is 4. The van der Waals surface area contributed by atoms with E-state index in [2.05, 4.69) is 27.8 Å². The predicted octanol–water partition coefficient (Wildman–Crippen LogP) is 2.76. The first kappa shape index (κ1) is 35.1. The molecule has 1 aromatic carbocycles. The first-order chi connectivity index (χ1) is 25.7. The van der Waals surface area contributed by atoms with Gasteiger partial charge in [0.05, 0.1) is 17.1 Å². The van der Waals surface area contributed by atoms with E-state index in [-0.39, 0.29) is 54.5 Å². The molecule has 5 saturated heterocycles. The molecule has 53 heavy (non-hydrogen) atoms. The molecule has 5 aliphatic rings. The number of aromatic nitrogens is 3. The summed E-state index contributed by atoms with van der Waals surface area (Å²) < 4.78 is 2.65. The summed E-state index contributed by atoms with van der Waals surface area (Å²) >= 11 is 0. The molecule has 0 radical (unpaired) electrons. The average molecular weight is 721 g/mol. The number of carbonyl (C=O) groups excluding carboxylic acids is 4. The first-order valence-electron chi connectivity index (χ1n) is 19.3. The number of carbonyl (C=O) groups is 4. The van der Waals surface area contributed by atoms with Gasteiger partial charge in [-0.1, -0.05) is 11.8 Å². The monoisotopic (exact) mass is 720 g/mol. The summed E-state index contributed by atoms with van der Waals surface area (Å²) in [5.41, 5.74) is 10.0. The number of piperidine rings is 2. The number of hydrogen-bond donors (Lipinski definition) is 1. The lowest BCUT2D eigenvalue weighted by molar-refractivity contribution is -0.148. The van der Waals surface area contributed by atoms with Crippen molar-refractivity contribution in [3.05, 3.63) is 58.3 Å². The molecule has 0 unspecified atom stereocenters. The summed E-state index contributed by atoms with van der Waals surface area (Å²) in [5, 5.41) is 0.993. The number of nitrogens with zero attached hydrogens (tertiary/aromatic N) is 7. The van der Waals surface area contributed by atoms with Crippen LogP contribution in [0.5, 0.6) is 0 Å². The lowest BCUT2D eigenvalue weighted by atomic mass is 9.88. The van der Waals surface area contributed by atoms with Crippen LogP contribution in [0.1, 0.15) is 94.1 Å². The van der Waals surface area contributed by atoms with Crippen molar-refractivity contribution >= 4 is 40.3 Å². The van der Waals surface area contributed by atoms with Crippen LogP contribution in [-0.4, -0.2) is 92.0 Å². The van der Waals surface area contributed by atoms with Crippen molar-refractivity contribution in [3.63, 3.8) is 0 Å². The van der Waals surface area contributed by atoms with Gasteiger partial charge in [-0.05, 0) is 88.0 Å². The van der Waals surface area contributed by atoms with Gasteiger partial charge >= 0.3 is 5.69 Å². The molecule has 2 N–H and O–H groups in total. The fourth-order valence-corrected chi connectivity index (χ4v) is 9.16. The van der Waals surface area contributed by atoms with Crippen molar-refractivity contribution < 1.29 is 19.2 Å². The molecule has 3 aromatic rings. The molecule has 8 rings (SSSR count). The van der Waals surface area contributed by atoms with Crippen molar-refractivity contribution in [2.45, 2.75) is 101 Å². The molecule has 13 nitrogen and oxygen atoms in total. The number of anilines is 1. The average Bonchev–Trinajstić information content (AvgIpc) is 3.63. The van der Waals surface area contributed by atoms with Gasteiger partial charge in [0.2, 0.25) is 23.6 Å². The van der Waals surface area contributed by atoms with Crippen LogP contribution < -0.4 is 21.3 Å². The number of fused-ring (bicyclic) bond motifs is 2. The van der Waals surface area contributed by atoms with Crippen LogP contribution in [-0.2, 0) is 26.2 Å². The minimum absolute atomic E-state index is 0.0585. The van der Waals surface area contributed by atoms with E-state index in [9.17, 15) is 24.0 Å². The van der Waals surface area contributed by atoms with Gasteiger partial charge in [-0.25, -0.2) is 4.79 Å². The third-order valence-electron chi connectivity index (χ3n) is 12.2. The van der Waals surface area contributed by atoms with Crippen LogP contribution in [0.3, 0.4) is 0 Å². The smallest absolute Gasteiger partial charge is 0.348 e. The SMILES string of the molecule is Cn1c(=O)n(N2C(=O)CCCC2=O)c2ccc(C#CCCC3CCN(c4ccncc4C4CN(C(=O)[C@@H]5CC[C@@H]6CCC[C@H](N)C(=O)N65)C4)CC3)cc21. The van der Waals surface area contributed by atoms with Crippen LogP contribution in [0.4, 0.5) is 5.69 Å². The largest absolute Gasteiger partial charge is 0.371 e. The third kappa shape index (κ3) is 6.51. The summed E-state index contributed by atoms with van der Waals surface area (Å²) in [7, 11) is 1.64. The van der Waals surface area contributed by atoms with Crippen molar-refractivity contribution in [2.24, 2.45) is 18.7 Å². The summed E-state index contributed by atoms with van der Waals surface area (Å²) in [4.78, 5) is 75.4. The molecule has 7 heterocycles. The van der Waals surface area contributed by atoms with Crippen LogP contribution in [0.15, 0.2) is 41.5 Å². The highest BCUT2D eigenvalue weighted by atomic mass is 16.2. The Balaban J connectivity index is 0.844. The van der Waals surface area contributed by atoms with Gasteiger partial charge < -0.3 is 20.4 Å². The molecular formula is C40H48N8O5. The Bertz CT molecular complexity index is 2050. The molecule has 0 saturated carbocycles. The molecule has 13 heteroatoms. The molecule has 2 aromatic heterocycles. The van der Waals surface area contributed by atoms with E-state index in [0.29, 0.717) is 42.9 Å². The minimum Gasteiger partial charge on any atom is -0.371 e. The number of pyridine rings is 1. The van der Waals surface area contributed by atoms with E-state index in [1.807, 2.05) is 34.3 Å². The normalized spacial score (nSPS) is 24.3. The predicted molar refractivity (Wildman–Crippen MR) is 199 cm³/mol. The quantitative estimate of drug-likeness (QED) is 0.302. The number of imidazole rings is 1. The summed E-state index contributed by atoms with van der Waals surface area (Å²) in [6.07, 6.45) is 12.9. The molecule has 0 aliphatic carbocycles. The second-order valence-electron chi connectivity index (χ2n) is 15.5. The van der Waals surface area contributed by atoms with Gasteiger partial charge in [0.1, 0.15) is 6.04 Å². The van der Waals surface area contributed by atoms with Gasteiger partial charge in [0, 0.05) is 93.7 Å². The van der Waals surface area contributed by atoms with Crippen molar-refractivity contribution in [2.75, 3.05) is 36.1 Å². The van der Waals surface area contributed by atoms with E-state index < -0.39 is 11.7 Å². The highest BCUT2D eigenvalue weighted by Gasteiger charge is 2.47. The Morgan fingerprint density at radius 2 is 1.70 bits per heavy atom. The topological polar surface area (TPSA) is 147 Å². The highest BCUT2D eigenvalue weighted by Crippen LogP contribution is 2.38.